The van der Waals surface area contributed by atoms with Crippen molar-refractivity contribution in [3.8, 4) is 0 Å². The number of unbranched alkanes of at least 4 members (excludes halogenated alkanes) is 14. The highest BCUT2D eigenvalue weighted by Gasteiger charge is 2.04. The Kier molecular flexibility index (Phi) is 25.3. The molecule has 0 aromatic carbocycles. The summed E-state index contributed by atoms with van der Waals surface area (Å²) in [7, 11) is 1.44. The summed E-state index contributed by atoms with van der Waals surface area (Å²) in [5, 5.41) is 10.1. The fourth-order valence-corrected chi connectivity index (χ4v) is 3.97. The van der Waals surface area contributed by atoms with Crippen LogP contribution in [-0.2, 0) is 9.53 Å². The van der Waals surface area contributed by atoms with E-state index >= 15 is 0 Å². The molecule has 0 aromatic heterocycles. The highest BCUT2D eigenvalue weighted by atomic mass is 16.5. The molecule has 0 fully saturated rings. The number of carbonyl (C=O) groups is 1. The standard InChI is InChI=1S/C29H54O3/c1-3-4-5-6-7-8-9-10-11-12-13-14-15-16-17-19-22-25-28(30)26-23-20-18-21-24-27-29(31)32-2/h7-8,10-11,28,30H,3-6,9,12-27H2,1-2H3. The number of rotatable bonds is 24. The number of hydrogen-bond acceptors (Lipinski definition) is 3. The van der Waals surface area contributed by atoms with Gasteiger partial charge < -0.3 is 9.84 Å². The van der Waals surface area contributed by atoms with Crippen molar-refractivity contribution >= 4 is 5.97 Å². The smallest absolute Gasteiger partial charge is 0.305 e. The quantitative estimate of drug-likeness (QED) is 0.0907. The maximum absolute atomic E-state index is 11.0. The lowest BCUT2D eigenvalue weighted by atomic mass is 10.0. The fourth-order valence-electron chi connectivity index (χ4n) is 3.97. The van der Waals surface area contributed by atoms with E-state index in [9.17, 15) is 9.90 Å². The molecule has 0 aliphatic rings. The van der Waals surface area contributed by atoms with Crippen molar-refractivity contribution in [3.05, 3.63) is 24.3 Å². The molecule has 1 atom stereocenters. The molecule has 0 spiro atoms. The molecule has 0 aliphatic heterocycles. The number of ether oxygens (including phenoxy) is 1. The van der Waals surface area contributed by atoms with E-state index in [1.165, 1.54) is 77.7 Å². The highest BCUT2D eigenvalue weighted by Crippen LogP contribution is 2.15. The third-order valence-electron chi connectivity index (χ3n) is 6.13. The van der Waals surface area contributed by atoms with Crippen molar-refractivity contribution in [2.24, 2.45) is 0 Å². The molecule has 188 valence electrons. The fraction of sp³-hybridized carbons (Fsp3) is 0.828. The number of hydrogen-bond donors (Lipinski definition) is 1. The Morgan fingerprint density at radius 2 is 1.16 bits per heavy atom. The maximum atomic E-state index is 11.0. The molecule has 0 aromatic rings. The third kappa shape index (κ3) is 25.2. The van der Waals surface area contributed by atoms with E-state index in [0.717, 1.165) is 57.8 Å². The second kappa shape index (κ2) is 26.2. The Morgan fingerprint density at radius 3 is 1.69 bits per heavy atom. The molecule has 0 saturated heterocycles. The van der Waals surface area contributed by atoms with E-state index in [1.807, 2.05) is 0 Å². The van der Waals surface area contributed by atoms with E-state index < -0.39 is 0 Å². The minimum absolute atomic E-state index is 0.107. The van der Waals surface area contributed by atoms with Gasteiger partial charge in [0.15, 0.2) is 0 Å². The first-order chi connectivity index (χ1) is 15.7. The second-order valence-corrected chi connectivity index (χ2v) is 9.26. The van der Waals surface area contributed by atoms with Crippen LogP contribution in [0.15, 0.2) is 24.3 Å². The molecule has 0 rings (SSSR count). The molecular formula is C29H54O3. The van der Waals surface area contributed by atoms with Gasteiger partial charge in [0, 0.05) is 6.42 Å². The minimum atomic E-state index is -0.122. The van der Waals surface area contributed by atoms with Crippen LogP contribution in [0.1, 0.15) is 142 Å². The Morgan fingerprint density at radius 1 is 0.688 bits per heavy atom. The van der Waals surface area contributed by atoms with Crippen LogP contribution in [0.3, 0.4) is 0 Å². The topological polar surface area (TPSA) is 46.5 Å². The van der Waals surface area contributed by atoms with Crippen LogP contribution in [0, 0.1) is 0 Å². The molecule has 0 aliphatic carbocycles. The normalized spacial score (nSPS) is 12.7. The molecule has 0 bridgehead atoms. The Balaban J connectivity index is 3.26. The van der Waals surface area contributed by atoms with Gasteiger partial charge in [-0.3, -0.25) is 4.79 Å². The summed E-state index contributed by atoms with van der Waals surface area (Å²) < 4.78 is 4.64. The van der Waals surface area contributed by atoms with Gasteiger partial charge in [-0.05, 0) is 51.4 Å². The lowest BCUT2D eigenvalue weighted by molar-refractivity contribution is -0.140. The Bertz CT molecular complexity index is 442. The zero-order valence-corrected chi connectivity index (χ0v) is 21.5. The molecular weight excluding hydrogens is 396 g/mol. The van der Waals surface area contributed by atoms with E-state index in [4.69, 9.17) is 0 Å². The van der Waals surface area contributed by atoms with Gasteiger partial charge >= 0.3 is 5.97 Å². The van der Waals surface area contributed by atoms with Crippen molar-refractivity contribution < 1.29 is 14.6 Å². The SMILES string of the molecule is CCCCCC=CCC=CCCCCCCCCCC(O)CCCCCCCC(=O)OC. The zero-order chi connectivity index (χ0) is 23.5. The average molecular weight is 451 g/mol. The molecule has 3 heteroatoms. The van der Waals surface area contributed by atoms with Gasteiger partial charge in [-0.1, -0.05) is 108 Å². The molecule has 1 unspecified atom stereocenters. The largest absolute Gasteiger partial charge is 0.469 e. The van der Waals surface area contributed by atoms with Crippen LogP contribution < -0.4 is 0 Å². The van der Waals surface area contributed by atoms with Gasteiger partial charge in [0.25, 0.3) is 0 Å². The molecule has 3 nitrogen and oxygen atoms in total. The predicted molar refractivity (Wildman–Crippen MR) is 139 cm³/mol. The highest BCUT2D eigenvalue weighted by molar-refractivity contribution is 5.68. The van der Waals surface area contributed by atoms with Gasteiger partial charge in [-0.15, -0.1) is 0 Å². The van der Waals surface area contributed by atoms with Crippen LogP contribution in [-0.4, -0.2) is 24.3 Å². The monoisotopic (exact) mass is 450 g/mol. The first-order valence-corrected chi connectivity index (χ1v) is 13.8. The maximum Gasteiger partial charge on any atom is 0.305 e. The summed E-state index contributed by atoms with van der Waals surface area (Å²) in [6.45, 7) is 2.25. The molecule has 0 radical (unpaired) electrons. The van der Waals surface area contributed by atoms with Gasteiger partial charge in [-0.25, -0.2) is 0 Å². The summed E-state index contributed by atoms with van der Waals surface area (Å²) in [6, 6.07) is 0. The second-order valence-electron chi connectivity index (χ2n) is 9.26. The summed E-state index contributed by atoms with van der Waals surface area (Å²) in [5.41, 5.74) is 0. The number of aliphatic hydroxyl groups excluding tert-OH is 1. The molecule has 0 amide bonds. The lowest BCUT2D eigenvalue weighted by Crippen LogP contribution is -2.06. The third-order valence-corrected chi connectivity index (χ3v) is 6.13. The van der Waals surface area contributed by atoms with Gasteiger partial charge in [-0.2, -0.15) is 0 Å². The number of carbonyl (C=O) groups excluding carboxylic acids is 1. The summed E-state index contributed by atoms with van der Waals surface area (Å²) >= 11 is 0. The van der Waals surface area contributed by atoms with E-state index in [1.54, 1.807) is 0 Å². The molecule has 1 N–H and O–H groups in total. The lowest BCUT2D eigenvalue weighted by Gasteiger charge is -2.10. The van der Waals surface area contributed by atoms with Crippen molar-refractivity contribution in [3.63, 3.8) is 0 Å². The first-order valence-electron chi connectivity index (χ1n) is 13.8. The van der Waals surface area contributed by atoms with Crippen LogP contribution in [0.5, 0.6) is 0 Å². The Labute approximate surface area is 200 Å². The van der Waals surface area contributed by atoms with Crippen molar-refractivity contribution in [1.82, 2.24) is 0 Å². The van der Waals surface area contributed by atoms with Crippen molar-refractivity contribution in [2.75, 3.05) is 7.11 Å². The van der Waals surface area contributed by atoms with Gasteiger partial charge in [0.1, 0.15) is 0 Å². The van der Waals surface area contributed by atoms with Crippen LogP contribution in [0.4, 0.5) is 0 Å². The first kappa shape index (κ1) is 30.9. The van der Waals surface area contributed by atoms with Gasteiger partial charge in [0.05, 0.1) is 13.2 Å². The van der Waals surface area contributed by atoms with Crippen LogP contribution >= 0.6 is 0 Å². The summed E-state index contributed by atoms with van der Waals surface area (Å²) in [4.78, 5) is 11.0. The van der Waals surface area contributed by atoms with E-state index in [0.29, 0.717) is 6.42 Å². The van der Waals surface area contributed by atoms with Crippen LogP contribution in [0.25, 0.3) is 0 Å². The number of allylic oxidation sites excluding steroid dienone is 4. The molecule has 0 saturated carbocycles. The summed E-state index contributed by atoms with van der Waals surface area (Å²) in [6.07, 6.45) is 33.6. The summed E-state index contributed by atoms with van der Waals surface area (Å²) in [5.74, 6) is -0.107. The average Bonchev–Trinajstić information content (AvgIpc) is 2.80. The van der Waals surface area contributed by atoms with Crippen LogP contribution in [0.2, 0.25) is 0 Å². The Hall–Kier alpha value is -1.09. The minimum Gasteiger partial charge on any atom is -0.469 e. The van der Waals surface area contributed by atoms with Crippen molar-refractivity contribution in [1.29, 1.82) is 0 Å². The molecule has 32 heavy (non-hydrogen) atoms. The van der Waals surface area contributed by atoms with Gasteiger partial charge in [0.2, 0.25) is 0 Å². The van der Waals surface area contributed by atoms with E-state index in [-0.39, 0.29) is 12.1 Å². The number of esters is 1. The zero-order valence-electron chi connectivity index (χ0n) is 21.5. The molecule has 0 heterocycles. The number of methoxy groups -OCH3 is 1. The van der Waals surface area contributed by atoms with E-state index in [2.05, 4.69) is 36.0 Å². The number of aliphatic hydroxyl groups is 1. The van der Waals surface area contributed by atoms with Crippen molar-refractivity contribution in [2.45, 2.75) is 148 Å². The predicted octanol–water partition coefficient (Wildman–Crippen LogP) is 8.84.